The number of carbonyl (C=O) groups is 1. The summed E-state index contributed by atoms with van der Waals surface area (Å²) in [5.74, 6) is 0.185. The van der Waals surface area contributed by atoms with Gasteiger partial charge in [0.25, 0.3) is 0 Å². The van der Waals surface area contributed by atoms with Crippen LogP contribution in [0.15, 0.2) is 18.2 Å². The number of benzene rings is 1. The van der Waals surface area contributed by atoms with Gasteiger partial charge >= 0.3 is 5.97 Å². The Bertz CT molecular complexity index is 482. The third-order valence-electron chi connectivity index (χ3n) is 3.72. The summed E-state index contributed by atoms with van der Waals surface area (Å²) in [6, 6.07) is 6.15. The van der Waals surface area contributed by atoms with Gasteiger partial charge in [-0.2, -0.15) is 0 Å². The molecule has 0 amide bonds. The Kier molecular flexibility index (Phi) is 3.80. The van der Waals surface area contributed by atoms with E-state index in [1.165, 1.54) is 5.56 Å². The largest absolute Gasteiger partial charge is 0.493 e. The molecule has 2 rings (SSSR count). The van der Waals surface area contributed by atoms with Crippen LogP contribution in [0, 0.1) is 5.41 Å². The highest BCUT2D eigenvalue weighted by atomic mass is 16.5. The molecule has 4 heteroatoms. The minimum Gasteiger partial charge on any atom is -0.493 e. The fourth-order valence-corrected chi connectivity index (χ4v) is 2.89. The molecule has 1 aromatic rings. The monoisotopic (exact) mass is 263 g/mol. The number of rotatable bonds is 5. The molecule has 1 heterocycles. The van der Waals surface area contributed by atoms with Crippen molar-refractivity contribution in [1.29, 1.82) is 0 Å². The number of hydrogen-bond donors (Lipinski definition) is 2. The second kappa shape index (κ2) is 5.21. The predicted octanol–water partition coefficient (Wildman–Crippen LogP) is 2.38. The van der Waals surface area contributed by atoms with Crippen LogP contribution in [-0.4, -0.2) is 24.7 Å². The molecular formula is C15H21NO3. The van der Waals surface area contributed by atoms with Gasteiger partial charge < -0.3 is 15.2 Å². The average Bonchev–Trinajstić information content (AvgIpc) is 2.74. The zero-order valence-electron chi connectivity index (χ0n) is 11.7. The molecule has 0 saturated heterocycles. The first kappa shape index (κ1) is 13.9. The Balaban J connectivity index is 2.29. The molecule has 104 valence electrons. The molecule has 4 nitrogen and oxygen atoms in total. The first-order chi connectivity index (χ1) is 8.94. The van der Waals surface area contributed by atoms with Gasteiger partial charge in [-0.05, 0) is 29.7 Å². The Hall–Kier alpha value is -1.55. The van der Waals surface area contributed by atoms with Crippen molar-refractivity contribution in [2.75, 3.05) is 13.7 Å². The van der Waals surface area contributed by atoms with Gasteiger partial charge in [-0.25, -0.2) is 0 Å². The first-order valence-corrected chi connectivity index (χ1v) is 6.59. The summed E-state index contributed by atoms with van der Waals surface area (Å²) in [5, 5.41) is 12.3. The molecule has 1 unspecified atom stereocenters. The van der Waals surface area contributed by atoms with Crippen molar-refractivity contribution in [3.8, 4) is 5.75 Å². The van der Waals surface area contributed by atoms with Gasteiger partial charge in [-0.15, -0.1) is 0 Å². The summed E-state index contributed by atoms with van der Waals surface area (Å²) >= 11 is 0. The number of carboxylic acids is 1. The molecule has 0 saturated carbocycles. The SMILES string of the molecule is CNC(c1ccc2c(c1)CCO2)C(C)(C)CC(=O)O. The molecule has 1 aliphatic heterocycles. The van der Waals surface area contributed by atoms with Gasteiger partial charge in [0, 0.05) is 12.5 Å². The Morgan fingerprint density at radius 1 is 1.53 bits per heavy atom. The van der Waals surface area contributed by atoms with Crippen LogP contribution in [0.2, 0.25) is 0 Å². The van der Waals surface area contributed by atoms with E-state index in [2.05, 4.69) is 11.4 Å². The summed E-state index contributed by atoms with van der Waals surface area (Å²) in [4.78, 5) is 11.0. The van der Waals surface area contributed by atoms with Gasteiger partial charge in [0.05, 0.1) is 13.0 Å². The molecule has 0 bridgehead atoms. The third-order valence-corrected chi connectivity index (χ3v) is 3.72. The number of carboxylic acid groups (broad SMARTS) is 1. The van der Waals surface area contributed by atoms with Crippen molar-refractivity contribution in [2.45, 2.75) is 32.7 Å². The minimum absolute atomic E-state index is 0.00880. The van der Waals surface area contributed by atoms with E-state index in [4.69, 9.17) is 9.84 Å². The molecule has 2 N–H and O–H groups in total. The molecule has 0 spiro atoms. The third kappa shape index (κ3) is 2.89. The summed E-state index contributed by atoms with van der Waals surface area (Å²) in [6.07, 6.45) is 1.06. The van der Waals surface area contributed by atoms with Crippen LogP contribution in [0.25, 0.3) is 0 Å². The molecule has 0 aliphatic carbocycles. The van der Waals surface area contributed by atoms with E-state index in [-0.39, 0.29) is 17.9 Å². The van der Waals surface area contributed by atoms with Crippen molar-refractivity contribution < 1.29 is 14.6 Å². The van der Waals surface area contributed by atoms with Crippen molar-refractivity contribution in [3.05, 3.63) is 29.3 Å². The highest BCUT2D eigenvalue weighted by Gasteiger charge is 2.32. The summed E-state index contributed by atoms with van der Waals surface area (Å²) in [7, 11) is 1.87. The number of hydrogen-bond acceptors (Lipinski definition) is 3. The zero-order chi connectivity index (χ0) is 14.0. The summed E-state index contributed by atoms with van der Waals surface area (Å²) in [5.41, 5.74) is 1.98. The maximum Gasteiger partial charge on any atom is 0.303 e. The topological polar surface area (TPSA) is 58.6 Å². The molecule has 0 radical (unpaired) electrons. The maximum absolute atomic E-state index is 11.0. The maximum atomic E-state index is 11.0. The standard InChI is InChI=1S/C15H21NO3/c1-15(2,9-13(17)18)14(16-3)11-4-5-12-10(8-11)6-7-19-12/h4-5,8,14,16H,6-7,9H2,1-3H3,(H,17,18). The normalized spacial score (nSPS) is 15.7. The smallest absolute Gasteiger partial charge is 0.303 e. The van der Waals surface area contributed by atoms with E-state index in [1.807, 2.05) is 33.0 Å². The second-order valence-corrected chi connectivity index (χ2v) is 5.75. The quantitative estimate of drug-likeness (QED) is 0.856. The Morgan fingerprint density at radius 3 is 2.89 bits per heavy atom. The fraction of sp³-hybridized carbons (Fsp3) is 0.533. The lowest BCUT2D eigenvalue weighted by Gasteiger charge is -2.33. The van der Waals surface area contributed by atoms with E-state index in [0.717, 1.165) is 24.3 Å². The van der Waals surface area contributed by atoms with E-state index >= 15 is 0 Å². The van der Waals surface area contributed by atoms with Gasteiger partial charge in [-0.1, -0.05) is 26.0 Å². The highest BCUT2D eigenvalue weighted by Crippen LogP contribution is 2.38. The van der Waals surface area contributed by atoms with Crippen LogP contribution >= 0.6 is 0 Å². The number of aliphatic carboxylic acids is 1. The number of ether oxygens (including phenoxy) is 1. The van der Waals surface area contributed by atoms with Gasteiger partial charge in [0.2, 0.25) is 0 Å². The second-order valence-electron chi connectivity index (χ2n) is 5.75. The average molecular weight is 263 g/mol. The van der Waals surface area contributed by atoms with Crippen LogP contribution in [0.1, 0.15) is 37.4 Å². The molecule has 0 fully saturated rings. The van der Waals surface area contributed by atoms with E-state index in [1.54, 1.807) is 0 Å². The van der Waals surface area contributed by atoms with Gasteiger partial charge in [0.15, 0.2) is 0 Å². The van der Waals surface area contributed by atoms with Crippen molar-refractivity contribution >= 4 is 5.97 Å². The van der Waals surface area contributed by atoms with Crippen molar-refractivity contribution in [2.24, 2.45) is 5.41 Å². The first-order valence-electron chi connectivity index (χ1n) is 6.59. The van der Waals surface area contributed by atoms with Crippen LogP contribution in [0.3, 0.4) is 0 Å². The van der Waals surface area contributed by atoms with Crippen molar-refractivity contribution in [3.63, 3.8) is 0 Å². The lowest BCUT2D eigenvalue weighted by Crippen LogP contribution is -2.34. The summed E-state index contributed by atoms with van der Waals surface area (Å²) < 4.78 is 5.50. The van der Waals surface area contributed by atoms with E-state index < -0.39 is 5.97 Å². The zero-order valence-corrected chi connectivity index (χ0v) is 11.7. The van der Waals surface area contributed by atoms with Crippen LogP contribution < -0.4 is 10.1 Å². The molecule has 1 aliphatic rings. The minimum atomic E-state index is -0.769. The van der Waals surface area contributed by atoms with E-state index in [9.17, 15) is 4.79 Å². The molecule has 19 heavy (non-hydrogen) atoms. The molecule has 1 atom stereocenters. The molecule has 1 aromatic carbocycles. The predicted molar refractivity (Wildman–Crippen MR) is 73.5 cm³/mol. The highest BCUT2D eigenvalue weighted by molar-refractivity contribution is 5.67. The lowest BCUT2D eigenvalue weighted by molar-refractivity contribution is -0.139. The number of fused-ring (bicyclic) bond motifs is 1. The van der Waals surface area contributed by atoms with Gasteiger partial charge in [-0.3, -0.25) is 4.79 Å². The number of nitrogens with one attached hydrogen (secondary N) is 1. The summed E-state index contributed by atoms with van der Waals surface area (Å²) in [6.45, 7) is 4.69. The lowest BCUT2D eigenvalue weighted by atomic mass is 9.77. The fourth-order valence-electron chi connectivity index (χ4n) is 2.89. The Morgan fingerprint density at radius 2 is 2.26 bits per heavy atom. The van der Waals surface area contributed by atoms with Crippen LogP contribution in [-0.2, 0) is 11.2 Å². The van der Waals surface area contributed by atoms with Crippen LogP contribution in [0.5, 0.6) is 5.75 Å². The van der Waals surface area contributed by atoms with Gasteiger partial charge in [0.1, 0.15) is 5.75 Å². The van der Waals surface area contributed by atoms with Crippen molar-refractivity contribution in [1.82, 2.24) is 5.32 Å². The Labute approximate surface area is 113 Å². The molecule has 0 aromatic heterocycles. The molecular weight excluding hydrogens is 242 g/mol. The van der Waals surface area contributed by atoms with Crippen LogP contribution in [0.4, 0.5) is 0 Å². The van der Waals surface area contributed by atoms with E-state index in [0.29, 0.717) is 0 Å².